The fraction of sp³-hybridized carbons (Fsp3) is 0.278. The van der Waals surface area contributed by atoms with E-state index in [1.165, 1.54) is 0 Å². The average molecular weight is 324 g/mol. The number of pyridine rings is 1. The van der Waals surface area contributed by atoms with E-state index in [-0.39, 0.29) is 12.3 Å². The van der Waals surface area contributed by atoms with Crippen LogP contribution < -0.4 is 5.32 Å². The molecule has 2 heterocycles. The Labute approximate surface area is 140 Å². The summed E-state index contributed by atoms with van der Waals surface area (Å²) in [7, 11) is 0. The molecule has 0 aliphatic rings. The summed E-state index contributed by atoms with van der Waals surface area (Å²) in [4.78, 5) is 12.1. The van der Waals surface area contributed by atoms with E-state index in [2.05, 4.69) is 15.5 Å². The molecule has 1 unspecified atom stereocenters. The third-order valence-corrected chi connectivity index (χ3v) is 3.96. The molecule has 0 saturated carbocycles. The maximum Gasteiger partial charge on any atom is 0.223 e. The van der Waals surface area contributed by atoms with Gasteiger partial charge in [0, 0.05) is 19.2 Å². The van der Waals surface area contributed by atoms with Crippen molar-refractivity contribution in [2.24, 2.45) is 0 Å². The Morgan fingerprint density at radius 2 is 1.92 bits per heavy atom. The molecule has 2 N–H and O–H groups in total. The van der Waals surface area contributed by atoms with Gasteiger partial charge in [0.25, 0.3) is 0 Å². The Balaban J connectivity index is 1.54. The Morgan fingerprint density at radius 3 is 2.71 bits per heavy atom. The van der Waals surface area contributed by atoms with Gasteiger partial charge in [-0.3, -0.25) is 9.20 Å². The van der Waals surface area contributed by atoms with Gasteiger partial charge >= 0.3 is 0 Å². The Kier molecular flexibility index (Phi) is 4.57. The topological polar surface area (TPSA) is 79.5 Å². The van der Waals surface area contributed by atoms with Crippen LogP contribution in [0.5, 0.6) is 0 Å². The van der Waals surface area contributed by atoms with Crippen molar-refractivity contribution in [3.8, 4) is 0 Å². The van der Waals surface area contributed by atoms with E-state index >= 15 is 0 Å². The van der Waals surface area contributed by atoms with Gasteiger partial charge in [-0.25, -0.2) is 0 Å². The number of fused-ring (bicyclic) bond motifs is 1. The van der Waals surface area contributed by atoms with E-state index in [4.69, 9.17) is 0 Å². The van der Waals surface area contributed by atoms with Crippen LogP contribution in [0.3, 0.4) is 0 Å². The lowest BCUT2D eigenvalue weighted by molar-refractivity contribution is -0.125. The van der Waals surface area contributed by atoms with Crippen molar-refractivity contribution >= 4 is 11.6 Å². The summed E-state index contributed by atoms with van der Waals surface area (Å²) in [6.07, 6.45) is 2.48. The predicted octanol–water partition coefficient (Wildman–Crippen LogP) is 1.69. The molecule has 0 aliphatic heterocycles. The van der Waals surface area contributed by atoms with Gasteiger partial charge < -0.3 is 10.4 Å². The highest BCUT2D eigenvalue weighted by Gasteiger charge is 2.26. The second-order valence-electron chi connectivity index (χ2n) is 5.96. The molecule has 0 spiro atoms. The molecule has 124 valence electrons. The summed E-state index contributed by atoms with van der Waals surface area (Å²) in [5, 5.41) is 21.5. The summed E-state index contributed by atoms with van der Waals surface area (Å²) < 4.78 is 1.90. The molecule has 0 fully saturated rings. The molecule has 1 atom stereocenters. The minimum absolute atomic E-state index is 0.0115. The number of nitrogens with one attached hydrogen (secondary N) is 1. The Bertz CT molecular complexity index is 827. The van der Waals surface area contributed by atoms with Gasteiger partial charge in [-0.1, -0.05) is 36.4 Å². The van der Waals surface area contributed by atoms with E-state index in [1.807, 2.05) is 59.1 Å². The molecule has 6 heteroatoms. The molecule has 0 bridgehead atoms. The Morgan fingerprint density at radius 1 is 1.17 bits per heavy atom. The highest BCUT2D eigenvalue weighted by Crippen LogP contribution is 2.23. The molecular weight excluding hydrogens is 304 g/mol. The maximum atomic E-state index is 12.1. The van der Waals surface area contributed by atoms with Crippen LogP contribution in [-0.2, 0) is 16.8 Å². The second-order valence-corrected chi connectivity index (χ2v) is 5.96. The lowest BCUT2D eigenvalue weighted by atomic mass is 9.92. The van der Waals surface area contributed by atoms with Gasteiger partial charge in [0.05, 0.1) is 12.0 Å². The summed E-state index contributed by atoms with van der Waals surface area (Å²) in [5.74, 6) is 0.596. The van der Waals surface area contributed by atoms with Crippen LogP contribution in [0, 0.1) is 0 Å². The quantitative estimate of drug-likeness (QED) is 0.723. The van der Waals surface area contributed by atoms with Crippen molar-refractivity contribution in [1.29, 1.82) is 0 Å². The molecule has 0 saturated heterocycles. The number of hydrogen-bond donors (Lipinski definition) is 2. The number of hydrogen-bond acceptors (Lipinski definition) is 4. The molecule has 3 aromatic rings. The average Bonchev–Trinajstić information content (AvgIpc) is 2.99. The zero-order valence-corrected chi connectivity index (χ0v) is 13.5. The minimum atomic E-state index is -1.19. The first-order valence-corrected chi connectivity index (χ1v) is 7.89. The van der Waals surface area contributed by atoms with Crippen LogP contribution in [0.15, 0.2) is 54.7 Å². The lowest BCUT2D eigenvalue weighted by Gasteiger charge is -2.23. The van der Waals surface area contributed by atoms with E-state index in [9.17, 15) is 9.90 Å². The summed E-state index contributed by atoms with van der Waals surface area (Å²) in [6.45, 7) is 2.09. The number of amides is 1. The van der Waals surface area contributed by atoms with E-state index in [1.54, 1.807) is 6.92 Å². The van der Waals surface area contributed by atoms with Crippen molar-refractivity contribution in [2.45, 2.75) is 25.4 Å². The number of benzene rings is 1. The van der Waals surface area contributed by atoms with Gasteiger partial charge in [-0.05, 0) is 24.6 Å². The molecule has 3 rings (SSSR count). The van der Waals surface area contributed by atoms with E-state index < -0.39 is 5.60 Å². The van der Waals surface area contributed by atoms with Gasteiger partial charge in [0.2, 0.25) is 5.91 Å². The monoisotopic (exact) mass is 324 g/mol. The number of aromatic nitrogens is 3. The molecule has 2 aromatic heterocycles. The fourth-order valence-electron chi connectivity index (χ4n) is 2.65. The first-order chi connectivity index (χ1) is 11.6. The minimum Gasteiger partial charge on any atom is -0.385 e. The van der Waals surface area contributed by atoms with Crippen LogP contribution in [0.1, 0.15) is 24.7 Å². The van der Waals surface area contributed by atoms with Crippen LogP contribution >= 0.6 is 0 Å². The van der Waals surface area contributed by atoms with Gasteiger partial charge in [0.1, 0.15) is 5.82 Å². The van der Waals surface area contributed by atoms with Crippen LogP contribution in [0.2, 0.25) is 0 Å². The lowest BCUT2D eigenvalue weighted by Crippen LogP contribution is -2.33. The normalized spacial score (nSPS) is 13.6. The number of carbonyl (C=O) groups excluding carboxylic acids is 1. The zero-order valence-electron chi connectivity index (χ0n) is 13.5. The predicted molar refractivity (Wildman–Crippen MR) is 90.3 cm³/mol. The largest absolute Gasteiger partial charge is 0.385 e. The number of carbonyl (C=O) groups is 1. The summed E-state index contributed by atoms with van der Waals surface area (Å²) in [5.41, 5.74) is 0.321. The molecule has 0 aliphatic carbocycles. The molecule has 1 amide bonds. The first-order valence-electron chi connectivity index (χ1n) is 7.89. The van der Waals surface area contributed by atoms with E-state index in [0.717, 1.165) is 17.0 Å². The molecule has 24 heavy (non-hydrogen) atoms. The third-order valence-electron chi connectivity index (χ3n) is 3.96. The van der Waals surface area contributed by atoms with Crippen molar-refractivity contribution in [3.63, 3.8) is 0 Å². The highest BCUT2D eigenvalue weighted by atomic mass is 16.3. The van der Waals surface area contributed by atoms with Crippen molar-refractivity contribution < 1.29 is 9.90 Å². The number of rotatable bonds is 6. The molecule has 0 radical (unpaired) electrons. The van der Waals surface area contributed by atoms with Crippen LogP contribution in [0.4, 0.5) is 0 Å². The van der Waals surface area contributed by atoms with Gasteiger partial charge in [0.15, 0.2) is 5.65 Å². The molecular formula is C18H20N4O2. The smallest absolute Gasteiger partial charge is 0.223 e. The van der Waals surface area contributed by atoms with Gasteiger partial charge in [-0.2, -0.15) is 0 Å². The van der Waals surface area contributed by atoms with Crippen molar-refractivity contribution in [3.05, 3.63) is 66.1 Å². The SMILES string of the molecule is CC(O)(CC(=O)NCCc1nnc2ccccn12)c1ccccc1. The van der Waals surface area contributed by atoms with Crippen molar-refractivity contribution in [1.82, 2.24) is 19.9 Å². The third kappa shape index (κ3) is 3.60. The Hall–Kier alpha value is -2.73. The molecule has 1 aromatic carbocycles. The second kappa shape index (κ2) is 6.80. The number of aliphatic hydroxyl groups is 1. The maximum absolute atomic E-state index is 12.1. The van der Waals surface area contributed by atoms with Crippen molar-refractivity contribution in [2.75, 3.05) is 6.54 Å². The first kappa shape index (κ1) is 16.1. The van der Waals surface area contributed by atoms with Gasteiger partial charge in [-0.15, -0.1) is 10.2 Å². The fourth-order valence-corrected chi connectivity index (χ4v) is 2.65. The number of nitrogens with zero attached hydrogens (tertiary/aromatic N) is 3. The van der Waals surface area contributed by atoms with Crippen LogP contribution in [0.25, 0.3) is 5.65 Å². The van der Waals surface area contributed by atoms with Crippen LogP contribution in [-0.4, -0.2) is 32.2 Å². The zero-order chi connectivity index (χ0) is 17.0. The summed E-state index contributed by atoms with van der Waals surface area (Å²) in [6, 6.07) is 14.9. The standard InChI is InChI=1S/C18H20N4O2/c1-18(24,14-7-3-2-4-8-14)13-17(23)19-11-10-16-21-20-15-9-5-6-12-22(15)16/h2-9,12,24H,10-11,13H2,1H3,(H,19,23). The summed E-state index contributed by atoms with van der Waals surface area (Å²) >= 11 is 0. The molecule has 6 nitrogen and oxygen atoms in total. The van der Waals surface area contributed by atoms with E-state index in [0.29, 0.717) is 13.0 Å². The highest BCUT2D eigenvalue weighted by molar-refractivity contribution is 5.77.